The van der Waals surface area contributed by atoms with E-state index in [1.165, 1.54) is 0 Å². The summed E-state index contributed by atoms with van der Waals surface area (Å²) in [5.74, 6) is -0.165. The Balaban J connectivity index is 1.90. The van der Waals surface area contributed by atoms with Gasteiger partial charge in [-0.15, -0.1) is 0 Å². The maximum Gasteiger partial charge on any atom is 0.271 e. The Hall–Kier alpha value is -2.33. The van der Waals surface area contributed by atoms with Crippen LogP contribution in [0, 0.1) is 0 Å². The number of likely N-dealkylation sites (tertiary alicyclic amines) is 1. The Morgan fingerprint density at radius 3 is 2.71 bits per heavy atom. The molecule has 0 saturated carbocycles. The zero-order valence-corrected chi connectivity index (χ0v) is 13.7. The highest BCUT2D eigenvalue weighted by atomic mass is 35.5. The molecule has 0 aliphatic carbocycles. The largest absolute Gasteiger partial charge is 0.350 e. The van der Waals surface area contributed by atoms with Crippen LogP contribution in [0.5, 0.6) is 0 Å². The number of fused-ring (bicyclic) bond motifs is 1. The van der Waals surface area contributed by atoms with E-state index in [-0.39, 0.29) is 12.5 Å². The Bertz CT molecular complexity index is 906. The first-order valence-corrected chi connectivity index (χ1v) is 8.31. The second kappa shape index (κ2) is 5.95. The van der Waals surface area contributed by atoms with Gasteiger partial charge in [-0.25, -0.2) is 4.39 Å². The summed E-state index contributed by atoms with van der Waals surface area (Å²) in [5.41, 5.74) is 3.09. The summed E-state index contributed by atoms with van der Waals surface area (Å²) in [6.45, 7) is 0.605. The highest BCUT2D eigenvalue weighted by molar-refractivity contribution is 6.31. The lowest BCUT2D eigenvalue weighted by molar-refractivity contribution is 0.0779. The maximum atomic E-state index is 13.5. The SMILES string of the molecule is O=C(c1[nH]c2ccc(Cl)cc2c1-c1ccccc1)N1CC[C@H](F)C1. The number of halogens is 2. The molecular weight excluding hydrogens is 327 g/mol. The van der Waals surface area contributed by atoms with Crippen molar-refractivity contribution in [2.45, 2.75) is 12.6 Å². The molecule has 0 spiro atoms. The quantitative estimate of drug-likeness (QED) is 0.721. The van der Waals surface area contributed by atoms with Crippen LogP contribution in [-0.2, 0) is 0 Å². The number of alkyl halides is 1. The Kier molecular flexibility index (Phi) is 3.77. The van der Waals surface area contributed by atoms with Crippen LogP contribution in [0.1, 0.15) is 16.9 Å². The van der Waals surface area contributed by atoms with Gasteiger partial charge in [0.2, 0.25) is 0 Å². The average molecular weight is 343 g/mol. The van der Waals surface area contributed by atoms with Crippen LogP contribution >= 0.6 is 11.6 Å². The Morgan fingerprint density at radius 2 is 2.00 bits per heavy atom. The van der Waals surface area contributed by atoms with Gasteiger partial charge in [-0.2, -0.15) is 0 Å². The number of nitrogens with one attached hydrogen (secondary N) is 1. The number of nitrogens with zero attached hydrogens (tertiary/aromatic N) is 1. The van der Waals surface area contributed by atoms with Crippen LogP contribution in [0.2, 0.25) is 5.02 Å². The summed E-state index contributed by atoms with van der Waals surface area (Å²) < 4.78 is 13.5. The molecule has 3 nitrogen and oxygen atoms in total. The monoisotopic (exact) mass is 342 g/mol. The predicted octanol–water partition coefficient (Wildman–Crippen LogP) is 4.67. The van der Waals surface area contributed by atoms with Gasteiger partial charge in [0.1, 0.15) is 11.9 Å². The first-order chi connectivity index (χ1) is 11.6. The van der Waals surface area contributed by atoms with Crippen molar-refractivity contribution in [1.82, 2.24) is 9.88 Å². The van der Waals surface area contributed by atoms with Crippen LogP contribution in [-0.4, -0.2) is 35.1 Å². The van der Waals surface area contributed by atoms with Gasteiger partial charge in [0.15, 0.2) is 0 Å². The molecule has 4 rings (SSSR count). The first-order valence-electron chi connectivity index (χ1n) is 7.93. The summed E-state index contributed by atoms with van der Waals surface area (Å²) in [6, 6.07) is 15.2. The van der Waals surface area contributed by atoms with E-state index < -0.39 is 6.17 Å². The minimum Gasteiger partial charge on any atom is -0.350 e. The molecule has 1 fully saturated rings. The zero-order valence-electron chi connectivity index (χ0n) is 12.9. The fourth-order valence-electron chi connectivity index (χ4n) is 3.29. The third-order valence-corrected chi connectivity index (χ3v) is 4.69. The van der Waals surface area contributed by atoms with E-state index in [1.807, 2.05) is 42.5 Å². The van der Waals surface area contributed by atoms with Gasteiger partial charge in [-0.1, -0.05) is 41.9 Å². The van der Waals surface area contributed by atoms with Crippen LogP contribution < -0.4 is 0 Å². The molecule has 5 heteroatoms. The molecule has 2 heterocycles. The lowest BCUT2D eigenvalue weighted by Gasteiger charge is -2.15. The number of amides is 1. The van der Waals surface area contributed by atoms with Crippen LogP contribution in [0.25, 0.3) is 22.0 Å². The van der Waals surface area contributed by atoms with Gasteiger partial charge in [-0.05, 0) is 30.2 Å². The van der Waals surface area contributed by atoms with Crippen molar-refractivity contribution < 1.29 is 9.18 Å². The van der Waals surface area contributed by atoms with E-state index in [1.54, 1.807) is 11.0 Å². The molecule has 0 bridgehead atoms. The number of carbonyl (C=O) groups is 1. The molecular formula is C19H16ClFN2O. The van der Waals surface area contributed by atoms with E-state index in [2.05, 4.69) is 4.98 Å². The van der Waals surface area contributed by atoms with Gasteiger partial charge in [0.05, 0.1) is 6.54 Å². The van der Waals surface area contributed by atoms with Crippen molar-refractivity contribution in [1.29, 1.82) is 0 Å². The minimum absolute atomic E-state index is 0.156. The molecule has 1 aliphatic heterocycles. The molecule has 0 radical (unpaired) electrons. The smallest absolute Gasteiger partial charge is 0.271 e. The number of aromatic nitrogens is 1. The lowest BCUT2D eigenvalue weighted by atomic mass is 10.0. The Morgan fingerprint density at radius 1 is 1.21 bits per heavy atom. The van der Waals surface area contributed by atoms with Crippen LogP contribution in [0.15, 0.2) is 48.5 Å². The molecule has 0 unspecified atom stereocenters. The van der Waals surface area contributed by atoms with Crippen molar-refractivity contribution in [3.63, 3.8) is 0 Å². The van der Waals surface area contributed by atoms with Crippen molar-refractivity contribution in [3.8, 4) is 11.1 Å². The van der Waals surface area contributed by atoms with Gasteiger partial charge in [-0.3, -0.25) is 4.79 Å². The van der Waals surface area contributed by atoms with Crippen molar-refractivity contribution >= 4 is 28.4 Å². The fourth-order valence-corrected chi connectivity index (χ4v) is 3.46. The van der Waals surface area contributed by atoms with E-state index in [0.717, 1.165) is 22.0 Å². The number of H-pyrrole nitrogens is 1. The number of rotatable bonds is 2. The average Bonchev–Trinajstić information content (AvgIpc) is 3.18. The normalized spacial score (nSPS) is 17.6. The van der Waals surface area contributed by atoms with Crippen molar-refractivity contribution in [3.05, 3.63) is 59.2 Å². The summed E-state index contributed by atoms with van der Waals surface area (Å²) in [4.78, 5) is 17.7. The van der Waals surface area contributed by atoms with Gasteiger partial charge >= 0.3 is 0 Å². The standard InChI is InChI=1S/C19H16ClFN2O/c20-13-6-7-16-15(10-13)17(12-4-2-1-3-5-12)18(22-16)19(24)23-9-8-14(21)11-23/h1-7,10,14,22H,8-9,11H2/t14-/m0/s1. The van der Waals surface area contributed by atoms with Gasteiger partial charge in [0, 0.05) is 28.0 Å². The molecule has 1 saturated heterocycles. The summed E-state index contributed by atoms with van der Waals surface area (Å²) in [7, 11) is 0. The van der Waals surface area contributed by atoms with Crippen molar-refractivity contribution in [2.24, 2.45) is 0 Å². The minimum atomic E-state index is -0.937. The predicted molar refractivity (Wildman–Crippen MR) is 94.2 cm³/mol. The topological polar surface area (TPSA) is 36.1 Å². The molecule has 1 N–H and O–H groups in total. The Labute approximate surface area is 144 Å². The molecule has 3 aromatic rings. The second-order valence-electron chi connectivity index (χ2n) is 6.07. The summed E-state index contributed by atoms with van der Waals surface area (Å²) >= 11 is 6.15. The van der Waals surface area contributed by atoms with Crippen molar-refractivity contribution in [2.75, 3.05) is 13.1 Å². The highest BCUT2D eigenvalue weighted by Gasteiger charge is 2.30. The number of aromatic amines is 1. The molecule has 1 aromatic heterocycles. The number of carbonyl (C=O) groups excluding carboxylic acids is 1. The van der Waals surface area contributed by atoms with Gasteiger partial charge in [0.25, 0.3) is 5.91 Å². The van der Waals surface area contributed by atoms with Gasteiger partial charge < -0.3 is 9.88 Å². The van der Waals surface area contributed by atoms with E-state index in [0.29, 0.717) is 23.7 Å². The third-order valence-electron chi connectivity index (χ3n) is 4.45. The fraction of sp³-hybridized carbons (Fsp3) is 0.211. The number of benzene rings is 2. The molecule has 1 atom stereocenters. The maximum absolute atomic E-state index is 13.5. The summed E-state index contributed by atoms with van der Waals surface area (Å²) in [6.07, 6.45) is -0.536. The van der Waals surface area contributed by atoms with E-state index in [9.17, 15) is 9.18 Å². The number of hydrogen-bond acceptors (Lipinski definition) is 1. The third kappa shape index (κ3) is 2.57. The summed E-state index contributed by atoms with van der Waals surface area (Å²) in [5, 5.41) is 1.51. The number of hydrogen-bond donors (Lipinski definition) is 1. The molecule has 24 heavy (non-hydrogen) atoms. The van der Waals surface area contributed by atoms with Crippen LogP contribution in [0.3, 0.4) is 0 Å². The van der Waals surface area contributed by atoms with E-state index >= 15 is 0 Å². The zero-order chi connectivity index (χ0) is 16.7. The molecule has 122 valence electrons. The van der Waals surface area contributed by atoms with E-state index in [4.69, 9.17) is 11.6 Å². The van der Waals surface area contributed by atoms with Crippen LogP contribution in [0.4, 0.5) is 4.39 Å². The molecule has 1 aliphatic rings. The molecule has 2 aromatic carbocycles. The molecule has 1 amide bonds. The lowest BCUT2D eigenvalue weighted by Crippen LogP contribution is -2.29. The highest BCUT2D eigenvalue weighted by Crippen LogP contribution is 2.35. The second-order valence-corrected chi connectivity index (χ2v) is 6.50. The first kappa shape index (κ1) is 15.2.